The zero-order chi connectivity index (χ0) is 16.3. The van der Waals surface area contributed by atoms with Crippen LogP contribution in [-0.4, -0.2) is 47.2 Å². The van der Waals surface area contributed by atoms with Gasteiger partial charge >= 0.3 is 0 Å². The number of hydrogen-bond acceptors (Lipinski definition) is 6. The summed E-state index contributed by atoms with van der Waals surface area (Å²) >= 11 is 0. The fourth-order valence-corrected chi connectivity index (χ4v) is 4.14. The monoisotopic (exact) mass is 336 g/mol. The number of aromatic nitrogens is 1. The summed E-state index contributed by atoms with van der Waals surface area (Å²) in [6.07, 6.45) is 2.49. The molecule has 0 bridgehead atoms. The van der Waals surface area contributed by atoms with Crippen molar-refractivity contribution >= 4 is 25.9 Å². The van der Waals surface area contributed by atoms with Crippen molar-refractivity contribution in [1.29, 1.82) is 0 Å². The first-order valence-electron chi connectivity index (χ1n) is 6.08. The predicted molar refractivity (Wildman–Crippen MR) is 81.0 cm³/mol. The van der Waals surface area contributed by atoms with E-state index in [0.717, 1.165) is 6.26 Å². The summed E-state index contributed by atoms with van der Waals surface area (Å²) in [7, 11) is -5.67. The van der Waals surface area contributed by atoms with Crippen LogP contribution in [0.25, 0.3) is 0 Å². The number of rotatable bonds is 7. The molecule has 0 aliphatic carbocycles. The van der Waals surface area contributed by atoms with Crippen molar-refractivity contribution < 1.29 is 16.8 Å². The molecule has 0 radical (unpaired) electrons. The lowest BCUT2D eigenvalue weighted by Gasteiger charge is -2.25. The van der Waals surface area contributed by atoms with Gasteiger partial charge in [-0.25, -0.2) is 31.3 Å². The number of nitrogens with zero attached hydrogens (tertiary/aromatic N) is 1. The molecule has 8 nitrogen and oxygen atoms in total. The summed E-state index contributed by atoms with van der Waals surface area (Å²) < 4.78 is 51.7. The fourth-order valence-electron chi connectivity index (χ4n) is 1.69. The van der Waals surface area contributed by atoms with Gasteiger partial charge in [-0.15, -0.1) is 0 Å². The molecule has 0 saturated carbocycles. The SMILES string of the molecule is CNc1ncccc1S(=O)(=O)NCC(C)(C)NS(C)(=O)=O. The van der Waals surface area contributed by atoms with Crippen molar-refractivity contribution in [2.45, 2.75) is 24.3 Å². The van der Waals surface area contributed by atoms with Gasteiger partial charge in [-0.2, -0.15) is 0 Å². The molecule has 1 heterocycles. The molecule has 0 atom stereocenters. The van der Waals surface area contributed by atoms with Crippen LogP contribution in [0.3, 0.4) is 0 Å². The van der Waals surface area contributed by atoms with Crippen molar-refractivity contribution in [2.24, 2.45) is 0 Å². The van der Waals surface area contributed by atoms with E-state index in [9.17, 15) is 16.8 Å². The topological polar surface area (TPSA) is 117 Å². The van der Waals surface area contributed by atoms with Gasteiger partial charge in [-0.1, -0.05) is 0 Å². The molecule has 1 aromatic heterocycles. The molecule has 0 aromatic carbocycles. The molecule has 0 amide bonds. The highest BCUT2D eigenvalue weighted by molar-refractivity contribution is 7.89. The quantitative estimate of drug-likeness (QED) is 0.631. The first-order chi connectivity index (χ1) is 9.47. The van der Waals surface area contributed by atoms with E-state index in [1.807, 2.05) is 0 Å². The lowest BCUT2D eigenvalue weighted by molar-refractivity contribution is 0.446. The smallest absolute Gasteiger partial charge is 0.244 e. The minimum atomic E-state index is -3.80. The molecule has 0 aliphatic rings. The summed E-state index contributed by atoms with van der Waals surface area (Å²) in [5.41, 5.74) is -0.956. The Morgan fingerprint density at radius 3 is 2.38 bits per heavy atom. The van der Waals surface area contributed by atoms with Crippen LogP contribution in [0, 0.1) is 0 Å². The Bertz CT molecular complexity index is 699. The second-order valence-electron chi connectivity index (χ2n) is 5.18. The summed E-state index contributed by atoms with van der Waals surface area (Å²) in [5.74, 6) is 0.221. The summed E-state index contributed by atoms with van der Waals surface area (Å²) in [4.78, 5) is 3.93. The van der Waals surface area contributed by atoms with Gasteiger partial charge in [-0.3, -0.25) is 0 Å². The third-order valence-corrected chi connectivity index (χ3v) is 4.82. The van der Waals surface area contributed by atoms with Crippen LogP contribution in [0.5, 0.6) is 0 Å². The third kappa shape index (κ3) is 5.58. The summed E-state index contributed by atoms with van der Waals surface area (Å²) in [6, 6.07) is 2.92. The Labute approximate surface area is 125 Å². The Kier molecular flexibility index (Phi) is 5.31. The number of sulfonamides is 2. The van der Waals surface area contributed by atoms with E-state index in [4.69, 9.17) is 0 Å². The zero-order valence-electron chi connectivity index (χ0n) is 12.3. The molecule has 10 heteroatoms. The van der Waals surface area contributed by atoms with Crippen LogP contribution in [0.4, 0.5) is 5.82 Å². The van der Waals surface area contributed by atoms with Gasteiger partial charge in [0.05, 0.1) is 6.26 Å². The van der Waals surface area contributed by atoms with Gasteiger partial charge in [0.25, 0.3) is 0 Å². The van der Waals surface area contributed by atoms with Gasteiger partial charge in [0.15, 0.2) is 0 Å². The minimum Gasteiger partial charge on any atom is -0.372 e. The minimum absolute atomic E-state index is 0.00246. The van der Waals surface area contributed by atoms with Crippen LogP contribution in [0.2, 0.25) is 0 Å². The van der Waals surface area contributed by atoms with Crippen LogP contribution in [0.1, 0.15) is 13.8 Å². The number of pyridine rings is 1. The maximum atomic E-state index is 12.3. The molecule has 21 heavy (non-hydrogen) atoms. The normalized spacial score (nSPS) is 13.1. The first kappa shape index (κ1) is 17.8. The van der Waals surface area contributed by atoms with E-state index >= 15 is 0 Å². The number of hydrogen-bond donors (Lipinski definition) is 3. The Balaban J connectivity index is 2.92. The molecule has 1 rings (SSSR count). The van der Waals surface area contributed by atoms with E-state index in [1.54, 1.807) is 20.9 Å². The maximum absolute atomic E-state index is 12.3. The molecular weight excluding hydrogens is 316 g/mol. The molecule has 0 aliphatic heterocycles. The largest absolute Gasteiger partial charge is 0.372 e. The van der Waals surface area contributed by atoms with E-state index in [2.05, 4.69) is 19.7 Å². The van der Waals surface area contributed by atoms with Crippen LogP contribution >= 0.6 is 0 Å². The maximum Gasteiger partial charge on any atom is 0.244 e. The lowest BCUT2D eigenvalue weighted by Crippen LogP contribution is -2.50. The van der Waals surface area contributed by atoms with E-state index in [1.165, 1.54) is 18.3 Å². The highest BCUT2D eigenvalue weighted by Gasteiger charge is 2.26. The third-order valence-electron chi connectivity index (χ3n) is 2.46. The Morgan fingerprint density at radius 1 is 1.24 bits per heavy atom. The molecule has 0 fully saturated rings. The Morgan fingerprint density at radius 2 is 1.86 bits per heavy atom. The second-order valence-corrected chi connectivity index (χ2v) is 8.67. The van der Waals surface area contributed by atoms with Gasteiger partial charge in [0.2, 0.25) is 20.0 Å². The molecule has 0 saturated heterocycles. The zero-order valence-corrected chi connectivity index (χ0v) is 14.0. The molecule has 0 unspecified atom stereocenters. The van der Waals surface area contributed by atoms with Crippen LogP contribution < -0.4 is 14.8 Å². The average molecular weight is 336 g/mol. The van der Waals surface area contributed by atoms with E-state index < -0.39 is 25.6 Å². The summed E-state index contributed by atoms with van der Waals surface area (Å²) in [5, 5.41) is 2.70. The molecule has 120 valence electrons. The van der Waals surface area contributed by atoms with Gasteiger partial charge in [0.1, 0.15) is 10.7 Å². The van der Waals surface area contributed by atoms with Gasteiger partial charge < -0.3 is 5.32 Å². The molecule has 1 aromatic rings. The van der Waals surface area contributed by atoms with E-state index in [0.29, 0.717) is 0 Å². The average Bonchev–Trinajstić information content (AvgIpc) is 2.34. The van der Waals surface area contributed by atoms with E-state index in [-0.39, 0.29) is 17.3 Å². The molecule has 0 spiro atoms. The standard InChI is InChI=1S/C11H20N4O4S2/c1-11(2,15-20(4,16)17)8-14-21(18,19)9-6-5-7-13-10(9)12-3/h5-7,14-15H,8H2,1-4H3,(H,12,13). The van der Waals surface area contributed by atoms with Crippen molar-refractivity contribution in [2.75, 3.05) is 25.2 Å². The highest BCUT2D eigenvalue weighted by atomic mass is 32.2. The molecule has 3 N–H and O–H groups in total. The first-order valence-corrected chi connectivity index (χ1v) is 9.46. The highest BCUT2D eigenvalue weighted by Crippen LogP contribution is 2.17. The predicted octanol–water partition coefficient (Wildman–Crippen LogP) is -0.271. The number of nitrogens with one attached hydrogen (secondary N) is 3. The van der Waals surface area contributed by atoms with Crippen LogP contribution in [-0.2, 0) is 20.0 Å². The molecular formula is C11H20N4O4S2. The van der Waals surface area contributed by atoms with Crippen molar-refractivity contribution in [1.82, 2.24) is 14.4 Å². The van der Waals surface area contributed by atoms with Gasteiger partial charge in [-0.05, 0) is 26.0 Å². The lowest BCUT2D eigenvalue weighted by atomic mass is 10.1. The van der Waals surface area contributed by atoms with Crippen molar-refractivity contribution in [3.63, 3.8) is 0 Å². The summed E-state index contributed by atoms with van der Waals surface area (Å²) in [6.45, 7) is 3.07. The van der Waals surface area contributed by atoms with Crippen molar-refractivity contribution in [3.05, 3.63) is 18.3 Å². The Hall–Kier alpha value is -1.23. The second kappa shape index (κ2) is 6.26. The number of anilines is 1. The van der Waals surface area contributed by atoms with Crippen molar-refractivity contribution in [3.8, 4) is 0 Å². The van der Waals surface area contributed by atoms with Crippen LogP contribution in [0.15, 0.2) is 23.2 Å². The van der Waals surface area contributed by atoms with Gasteiger partial charge in [0, 0.05) is 25.3 Å². The fraction of sp³-hybridized carbons (Fsp3) is 0.545.